The normalized spacial score (nSPS) is 12.5. The van der Waals surface area contributed by atoms with Gasteiger partial charge < -0.3 is 10.0 Å². The molecule has 3 rings (SSSR count). The monoisotopic (exact) mass is 312 g/mol. The van der Waals surface area contributed by atoms with Crippen molar-refractivity contribution < 1.29 is 10.0 Å². The Bertz CT molecular complexity index is 800. The van der Waals surface area contributed by atoms with E-state index in [1.807, 2.05) is 36.4 Å². The summed E-state index contributed by atoms with van der Waals surface area (Å²) in [5.74, 6) is 0.359. The van der Waals surface area contributed by atoms with E-state index >= 15 is 0 Å². The lowest BCUT2D eigenvalue weighted by Gasteiger charge is -2.17. The molecule has 3 heteroatoms. The van der Waals surface area contributed by atoms with Gasteiger partial charge in [-0.2, -0.15) is 0 Å². The molecule has 1 atom stereocenters. The standard InChI is InChI=1S/C19H18ClNO/c1-21(12-15-7-3-5-9-18(15)20)13-17-16-8-4-2-6-14(16)10-11-19(17)22/h2-11,22H,12-13H2,1H3/p+1. The van der Waals surface area contributed by atoms with E-state index < -0.39 is 0 Å². The summed E-state index contributed by atoms with van der Waals surface area (Å²) in [4.78, 5) is 1.28. The Balaban J connectivity index is 1.87. The first kappa shape index (κ1) is 14.9. The first-order valence-electron chi connectivity index (χ1n) is 7.39. The number of hydrogen-bond donors (Lipinski definition) is 2. The van der Waals surface area contributed by atoms with E-state index in [1.54, 1.807) is 6.07 Å². The van der Waals surface area contributed by atoms with Gasteiger partial charge in [-0.1, -0.05) is 60.1 Å². The molecule has 0 saturated carbocycles. The third kappa shape index (κ3) is 3.08. The van der Waals surface area contributed by atoms with Crippen LogP contribution in [0.4, 0.5) is 0 Å². The van der Waals surface area contributed by atoms with Crippen molar-refractivity contribution in [2.45, 2.75) is 13.1 Å². The zero-order valence-electron chi connectivity index (χ0n) is 12.5. The Labute approximate surface area is 135 Å². The van der Waals surface area contributed by atoms with Gasteiger partial charge in [-0.05, 0) is 22.9 Å². The number of fused-ring (bicyclic) bond motifs is 1. The van der Waals surface area contributed by atoms with Gasteiger partial charge in [-0.15, -0.1) is 0 Å². The first-order chi connectivity index (χ1) is 10.6. The lowest BCUT2D eigenvalue weighted by molar-refractivity contribution is -0.907. The van der Waals surface area contributed by atoms with E-state index in [1.165, 1.54) is 4.90 Å². The van der Waals surface area contributed by atoms with Gasteiger partial charge in [0.2, 0.25) is 0 Å². The Hall–Kier alpha value is -2.03. The Kier molecular flexibility index (Phi) is 4.32. The molecule has 0 aliphatic carbocycles. The van der Waals surface area contributed by atoms with Crippen LogP contribution in [0.15, 0.2) is 60.7 Å². The molecule has 3 aromatic rings. The molecule has 1 unspecified atom stereocenters. The number of phenols is 1. The second-order valence-corrected chi connectivity index (χ2v) is 6.09. The van der Waals surface area contributed by atoms with Gasteiger partial charge in [0.1, 0.15) is 18.8 Å². The summed E-state index contributed by atoms with van der Waals surface area (Å²) in [5, 5.41) is 13.3. The van der Waals surface area contributed by atoms with Crippen LogP contribution in [0.3, 0.4) is 0 Å². The third-order valence-electron chi connectivity index (χ3n) is 3.94. The molecule has 2 nitrogen and oxygen atoms in total. The number of hydrogen-bond acceptors (Lipinski definition) is 1. The summed E-state index contributed by atoms with van der Waals surface area (Å²) in [6.07, 6.45) is 0. The highest BCUT2D eigenvalue weighted by Gasteiger charge is 2.13. The number of rotatable bonds is 4. The summed E-state index contributed by atoms with van der Waals surface area (Å²) in [6, 6.07) is 19.8. The SMILES string of the molecule is C[NH+](Cc1ccccc1Cl)Cc1c(O)ccc2ccccc12. The highest BCUT2D eigenvalue weighted by molar-refractivity contribution is 6.31. The zero-order chi connectivity index (χ0) is 15.5. The minimum atomic E-state index is 0.359. The minimum Gasteiger partial charge on any atom is -0.507 e. The van der Waals surface area contributed by atoms with Gasteiger partial charge in [0.05, 0.1) is 12.6 Å². The van der Waals surface area contributed by atoms with Crippen molar-refractivity contribution in [3.8, 4) is 5.75 Å². The fourth-order valence-corrected chi connectivity index (χ4v) is 3.04. The first-order valence-corrected chi connectivity index (χ1v) is 7.77. The van der Waals surface area contributed by atoms with Crippen LogP contribution in [0.1, 0.15) is 11.1 Å². The maximum Gasteiger partial charge on any atom is 0.125 e. The Morgan fingerprint density at radius 3 is 2.45 bits per heavy atom. The molecule has 22 heavy (non-hydrogen) atoms. The summed E-state index contributed by atoms with van der Waals surface area (Å²) < 4.78 is 0. The third-order valence-corrected chi connectivity index (χ3v) is 4.31. The highest BCUT2D eigenvalue weighted by Crippen LogP contribution is 2.26. The number of quaternary nitrogens is 1. The average molecular weight is 313 g/mol. The van der Waals surface area contributed by atoms with Gasteiger partial charge in [0.15, 0.2) is 0 Å². The molecule has 0 spiro atoms. The molecule has 0 aliphatic rings. The van der Waals surface area contributed by atoms with Crippen LogP contribution in [-0.4, -0.2) is 12.2 Å². The maximum absolute atomic E-state index is 10.2. The van der Waals surface area contributed by atoms with Gasteiger partial charge in [0, 0.05) is 10.6 Å². The van der Waals surface area contributed by atoms with Gasteiger partial charge >= 0.3 is 0 Å². The molecule has 0 aliphatic heterocycles. The zero-order valence-corrected chi connectivity index (χ0v) is 13.3. The van der Waals surface area contributed by atoms with Crippen LogP contribution in [0, 0.1) is 0 Å². The Morgan fingerprint density at radius 1 is 0.909 bits per heavy atom. The molecule has 0 fully saturated rings. The van der Waals surface area contributed by atoms with Crippen molar-refractivity contribution in [2.24, 2.45) is 0 Å². The molecular weight excluding hydrogens is 294 g/mol. The number of aromatic hydroxyl groups is 1. The van der Waals surface area contributed by atoms with Crippen LogP contribution in [0.5, 0.6) is 5.75 Å². The maximum atomic E-state index is 10.2. The van der Waals surface area contributed by atoms with E-state index in [0.717, 1.165) is 40.0 Å². The lowest BCUT2D eigenvalue weighted by atomic mass is 10.0. The van der Waals surface area contributed by atoms with Crippen LogP contribution in [0.25, 0.3) is 10.8 Å². The van der Waals surface area contributed by atoms with Gasteiger partial charge in [-0.3, -0.25) is 0 Å². The highest BCUT2D eigenvalue weighted by atomic mass is 35.5. The van der Waals surface area contributed by atoms with Crippen LogP contribution < -0.4 is 4.90 Å². The predicted octanol–water partition coefficient (Wildman–Crippen LogP) is 3.41. The summed E-state index contributed by atoms with van der Waals surface area (Å²) in [6.45, 7) is 1.57. The van der Waals surface area contributed by atoms with E-state index in [2.05, 4.69) is 25.2 Å². The molecule has 0 bridgehead atoms. The van der Waals surface area contributed by atoms with Crippen LogP contribution in [0.2, 0.25) is 5.02 Å². The van der Waals surface area contributed by atoms with E-state index in [-0.39, 0.29) is 0 Å². The van der Waals surface area contributed by atoms with Crippen molar-refractivity contribution >= 4 is 22.4 Å². The Morgan fingerprint density at radius 2 is 1.64 bits per heavy atom. The van der Waals surface area contributed by atoms with Crippen molar-refractivity contribution in [1.29, 1.82) is 0 Å². The molecule has 2 N–H and O–H groups in total. The topological polar surface area (TPSA) is 24.7 Å². The van der Waals surface area contributed by atoms with Crippen LogP contribution in [-0.2, 0) is 13.1 Å². The molecular formula is C19H19ClNO+. The van der Waals surface area contributed by atoms with Crippen molar-refractivity contribution in [3.05, 3.63) is 76.8 Å². The lowest BCUT2D eigenvalue weighted by Crippen LogP contribution is -3.06. The number of benzene rings is 3. The van der Waals surface area contributed by atoms with Crippen molar-refractivity contribution in [2.75, 3.05) is 7.05 Å². The fraction of sp³-hybridized carbons (Fsp3) is 0.158. The molecule has 0 aromatic heterocycles. The quantitative estimate of drug-likeness (QED) is 0.758. The van der Waals surface area contributed by atoms with Crippen molar-refractivity contribution in [1.82, 2.24) is 0 Å². The van der Waals surface area contributed by atoms with Gasteiger partial charge in [0.25, 0.3) is 0 Å². The number of phenolic OH excluding ortho intramolecular Hbond substituents is 1. The number of halogens is 1. The number of nitrogens with one attached hydrogen (secondary N) is 1. The molecule has 0 heterocycles. The predicted molar refractivity (Wildman–Crippen MR) is 91.4 cm³/mol. The fourth-order valence-electron chi connectivity index (χ4n) is 2.84. The molecule has 0 saturated heterocycles. The van der Waals surface area contributed by atoms with Crippen LogP contribution >= 0.6 is 11.6 Å². The van der Waals surface area contributed by atoms with E-state index in [4.69, 9.17) is 11.6 Å². The van der Waals surface area contributed by atoms with Crippen molar-refractivity contribution in [3.63, 3.8) is 0 Å². The summed E-state index contributed by atoms with van der Waals surface area (Å²) in [5.41, 5.74) is 2.11. The van der Waals surface area contributed by atoms with E-state index in [9.17, 15) is 5.11 Å². The molecule has 0 radical (unpaired) electrons. The molecule has 0 amide bonds. The largest absolute Gasteiger partial charge is 0.507 e. The second-order valence-electron chi connectivity index (χ2n) is 5.69. The van der Waals surface area contributed by atoms with E-state index in [0.29, 0.717) is 5.75 Å². The second kappa shape index (κ2) is 6.39. The summed E-state index contributed by atoms with van der Waals surface area (Å²) >= 11 is 6.23. The summed E-state index contributed by atoms with van der Waals surface area (Å²) in [7, 11) is 2.12. The minimum absolute atomic E-state index is 0.359. The average Bonchev–Trinajstić information content (AvgIpc) is 2.52. The molecule has 3 aromatic carbocycles. The van der Waals surface area contributed by atoms with Gasteiger partial charge in [-0.25, -0.2) is 0 Å². The smallest absolute Gasteiger partial charge is 0.125 e. The molecule has 112 valence electrons.